The Kier molecular flexibility index (Phi) is 4.68. The zero-order valence-corrected chi connectivity index (χ0v) is 12.7. The fraction of sp³-hybridized carbons (Fsp3) is 0.600. The molecule has 0 atom stereocenters. The maximum Gasteiger partial charge on any atom is 0.0318 e. The van der Waals surface area contributed by atoms with Gasteiger partial charge in [-0.25, -0.2) is 0 Å². The van der Waals surface area contributed by atoms with Crippen LogP contribution in [-0.4, -0.2) is 6.54 Å². The third kappa shape index (κ3) is 3.27. The summed E-state index contributed by atoms with van der Waals surface area (Å²) < 4.78 is 1.14. The average molecular weight is 311 g/mol. The van der Waals surface area contributed by atoms with E-state index in [1.807, 2.05) is 18.2 Å². The van der Waals surface area contributed by atoms with E-state index >= 15 is 0 Å². The van der Waals surface area contributed by atoms with E-state index < -0.39 is 0 Å². The molecule has 0 bridgehead atoms. The van der Waals surface area contributed by atoms with Crippen molar-refractivity contribution in [1.29, 1.82) is 0 Å². The van der Waals surface area contributed by atoms with Crippen LogP contribution in [0.2, 0.25) is 0 Å². The molecule has 3 N–H and O–H groups in total. The molecular weight excluding hydrogens is 288 g/mol. The SMILES string of the molecule is CCC1(CNCc2cc(N)ccc2Br)CCCC1. The molecule has 1 saturated carbocycles. The molecule has 1 aliphatic rings. The maximum absolute atomic E-state index is 5.82. The fourth-order valence-corrected chi connectivity index (χ4v) is 3.36. The minimum Gasteiger partial charge on any atom is -0.399 e. The monoisotopic (exact) mass is 310 g/mol. The van der Waals surface area contributed by atoms with Gasteiger partial charge in [0.25, 0.3) is 0 Å². The van der Waals surface area contributed by atoms with Gasteiger partial charge in [-0.2, -0.15) is 0 Å². The lowest BCUT2D eigenvalue weighted by molar-refractivity contribution is 0.268. The van der Waals surface area contributed by atoms with Crippen molar-refractivity contribution in [3.8, 4) is 0 Å². The number of rotatable bonds is 5. The number of anilines is 1. The molecule has 1 aliphatic carbocycles. The van der Waals surface area contributed by atoms with Gasteiger partial charge in [-0.15, -0.1) is 0 Å². The van der Waals surface area contributed by atoms with Gasteiger partial charge in [0.15, 0.2) is 0 Å². The highest BCUT2D eigenvalue weighted by atomic mass is 79.9. The molecular formula is C15H23BrN2. The van der Waals surface area contributed by atoms with Gasteiger partial charge in [0.05, 0.1) is 0 Å². The Balaban J connectivity index is 1.89. The normalized spacial score (nSPS) is 18.1. The third-order valence-corrected chi connectivity index (χ3v) is 5.07. The van der Waals surface area contributed by atoms with E-state index in [2.05, 4.69) is 28.2 Å². The minimum atomic E-state index is 0.548. The molecule has 2 rings (SSSR count). The molecule has 0 amide bonds. The molecule has 0 aromatic heterocycles. The molecule has 1 aromatic rings. The number of hydrogen-bond acceptors (Lipinski definition) is 2. The number of benzene rings is 1. The Labute approximate surface area is 118 Å². The molecule has 3 heteroatoms. The van der Waals surface area contributed by atoms with Gasteiger partial charge in [0.2, 0.25) is 0 Å². The summed E-state index contributed by atoms with van der Waals surface area (Å²) in [6, 6.07) is 6.00. The van der Waals surface area contributed by atoms with Crippen molar-refractivity contribution in [1.82, 2.24) is 5.32 Å². The first-order chi connectivity index (χ1) is 8.65. The molecule has 2 nitrogen and oxygen atoms in total. The van der Waals surface area contributed by atoms with Crippen LogP contribution in [0.15, 0.2) is 22.7 Å². The van der Waals surface area contributed by atoms with Gasteiger partial charge in [0, 0.05) is 23.2 Å². The Morgan fingerprint density at radius 3 is 2.72 bits per heavy atom. The Morgan fingerprint density at radius 1 is 1.33 bits per heavy atom. The van der Waals surface area contributed by atoms with Gasteiger partial charge in [-0.05, 0) is 48.4 Å². The standard InChI is InChI=1S/C15H23BrN2/c1-2-15(7-3-4-8-15)11-18-10-12-9-13(17)5-6-14(12)16/h5-6,9,18H,2-4,7-8,10-11,17H2,1H3. The predicted octanol–water partition coefficient (Wildman–Crippen LogP) is 4.09. The summed E-state index contributed by atoms with van der Waals surface area (Å²) in [5.41, 5.74) is 8.46. The van der Waals surface area contributed by atoms with Crippen LogP contribution in [0.3, 0.4) is 0 Å². The molecule has 18 heavy (non-hydrogen) atoms. The molecule has 100 valence electrons. The highest BCUT2D eigenvalue weighted by molar-refractivity contribution is 9.10. The molecule has 0 spiro atoms. The molecule has 0 radical (unpaired) electrons. The zero-order chi connectivity index (χ0) is 13.0. The van der Waals surface area contributed by atoms with Crippen LogP contribution in [0.4, 0.5) is 5.69 Å². The average Bonchev–Trinajstić information content (AvgIpc) is 2.83. The van der Waals surface area contributed by atoms with Gasteiger partial charge in [-0.1, -0.05) is 35.7 Å². The zero-order valence-electron chi connectivity index (χ0n) is 11.1. The number of nitrogens with two attached hydrogens (primary N) is 1. The Hall–Kier alpha value is -0.540. The summed E-state index contributed by atoms with van der Waals surface area (Å²) >= 11 is 3.58. The lowest BCUT2D eigenvalue weighted by Gasteiger charge is -2.28. The molecule has 1 fully saturated rings. The van der Waals surface area contributed by atoms with E-state index in [-0.39, 0.29) is 0 Å². The van der Waals surface area contributed by atoms with E-state index in [0.29, 0.717) is 5.41 Å². The maximum atomic E-state index is 5.82. The van der Waals surface area contributed by atoms with Gasteiger partial charge >= 0.3 is 0 Å². The predicted molar refractivity (Wildman–Crippen MR) is 81.5 cm³/mol. The second-order valence-corrected chi connectivity index (χ2v) is 6.37. The lowest BCUT2D eigenvalue weighted by atomic mass is 9.83. The largest absolute Gasteiger partial charge is 0.399 e. The summed E-state index contributed by atoms with van der Waals surface area (Å²) in [6.07, 6.45) is 6.86. The van der Waals surface area contributed by atoms with Crippen molar-refractivity contribution in [2.75, 3.05) is 12.3 Å². The van der Waals surface area contributed by atoms with Crippen molar-refractivity contribution in [2.45, 2.75) is 45.6 Å². The third-order valence-electron chi connectivity index (χ3n) is 4.30. The highest BCUT2D eigenvalue weighted by Crippen LogP contribution is 2.40. The Bertz CT molecular complexity index is 397. The molecule has 0 aliphatic heterocycles. The van der Waals surface area contributed by atoms with Gasteiger partial charge in [-0.3, -0.25) is 0 Å². The van der Waals surface area contributed by atoms with E-state index in [4.69, 9.17) is 5.73 Å². The highest BCUT2D eigenvalue weighted by Gasteiger charge is 2.31. The molecule has 1 aromatic carbocycles. The summed E-state index contributed by atoms with van der Waals surface area (Å²) in [4.78, 5) is 0. The quantitative estimate of drug-likeness (QED) is 0.804. The summed E-state index contributed by atoms with van der Waals surface area (Å²) in [5, 5.41) is 3.62. The van der Waals surface area contributed by atoms with Crippen LogP contribution in [-0.2, 0) is 6.54 Å². The van der Waals surface area contributed by atoms with Gasteiger partial charge < -0.3 is 11.1 Å². The van der Waals surface area contributed by atoms with Gasteiger partial charge in [0.1, 0.15) is 0 Å². The first kappa shape index (κ1) is 13.9. The Morgan fingerprint density at radius 2 is 2.06 bits per heavy atom. The van der Waals surface area contributed by atoms with Crippen molar-refractivity contribution in [2.24, 2.45) is 5.41 Å². The topological polar surface area (TPSA) is 38.0 Å². The van der Waals surface area contributed by atoms with Crippen molar-refractivity contribution in [3.05, 3.63) is 28.2 Å². The smallest absolute Gasteiger partial charge is 0.0318 e. The van der Waals surface area contributed by atoms with E-state index in [0.717, 1.165) is 23.2 Å². The second-order valence-electron chi connectivity index (χ2n) is 5.52. The first-order valence-corrected chi connectivity index (χ1v) is 7.69. The summed E-state index contributed by atoms with van der Waals surface area (Å²) in [6.45, 7) is 4.35. The number of nitrogens with one attached hydrogen (secondary N) is 1. The first-order valence-electron chi connectivity index (χ1n) is 6.90. The van der Waals surface area contributed by atoms with Crippen LogP contribution >= 0.6 is 15.9 Å². The van der Waals surface area contributed by atoms with Crippen molar-refractivity contribution >= 4 is 21.6 Å². The van der Waals surface area contributed by atoms with Crippen molar-refractivity contribution < 1.29 is 0 Å². The van der Waals surface area contributed by atoms with E-state index in [1.54, 1.807) is 0 Å². The van der Waals surface area contributed by atoms with E-state index in [9.17, 15) is 0 Å². The molecule has 0 saturated heterocycles. The van der Waals surface area contributed by atoms with Crippen LogP contribution in [0.25, 0.3) is 0 Å². The fourth-order valence-electron chi connectivity index (χ4n) is 2.97. The number of nitrogen functional groups attached to an aromatic ring is 1. The molecule has 0 unspecified atom stereocenters. The second kappa shape index (κ2) is 6.07. The summed E-state index contributed by atoms with van der Waals surface area (Å²) in [7, 11) is 0. The summed E-state index contributed by atoms with van der Waals surface area (Å²) in [5.74, 6) is 0. The number of hydrogen-bond donors (Lipinski definition) is 2. The van der Waals surface area contributed by atoms with Crippen LogP contribution in [0.1, 0.15) is 44.6 Å². The molecule has 0 heterocycles. The van der Waals surface area contributed by atoms with E-state index in [1.165, 1.54) is 37.7 Å². The van der Waals surface area contributed by atoms with Crippen LogP contribution in [0, 0.1) is 5.41 Å². The van der Waals surface area contributed by atoms with Crippen molar-refractivity contribution in [3.63, 3.8) is 0 Å². The van der Waals surface area contributed by atoms with Crippen LogP contribution < -0.4 is 11.1 Å². The number of halogens is 1. The minimum absolute atomic E-state index is 0.548. The lowest BCUT2D eigenvalue weighted by Crippen LogP contribution is -2.31. The van der Waals surface area contributed by atoms with Crippen LogP contribution in [0.5, 0.6) is 0 Å².